The highest BCUT2D eigenvalue weighted by Crippen LogP contribution is 2.17. The van der Waals surface area contributed by atoms with Crippen LogP contribution in [0.4, 0.5) is 0 Å². The Balaban J connectivity index is 0.00000242. The average molecular weight is 349 g/mol. The molecule has 7 nitrogen and oxygen atoms in total. The molecule has 1 unspecified atom stereocenters. The van der Waals surface area contributed by atoms with Crippen molar-refractivity contribution in [3.63, 3.8) is 0 Å². The zero-order chi connectivity index (χ0) is 15.8. The van der Waals surface area contributed by atoms with E-state index in [-0.39, 0.29) is 29.0 Å². The number of rotatable bonds is 5. The van der Waals surface area contributed by atoms with Crippen LogP contribution in [0.2, 0.25) is 0 Å². The van der Waals surface area contributed by atoms with E-state index >= 15 is 0 Å². The molecule has 2 rings (SSSR count). The number of aromatic nitrogens is 2. The van der Waals surface area contributed by atoms with Gasteiger partial charge in [0.2, 0.25) is 10.0 Å². The predicted octanol–water partition coefficient (Wildman–Crippen LogP) is 0.185. The first-order chi connectivity index (χ1) is 9.77. The molecule has 0 saturated carbocycles. The Hall–Kier alpha value is -1.35. The average Bonchev–Trinajstić information content (AvgIpc) is 2.69. The molecule has 1 aromatic carbocycles. The Bertz CT molecular complexity index is 826. The number of hydrogen-bond donors (Lipinski definition) is 2. The first-order valence-electron chi connectivity index (χ1n) is 6.60. The van der Waals surface area contributed by atoms with E-state index in [1.54, 1.807) is 27.2 Å². The highest BCUT2D eigenvalue weighted by Gasteiger charge is 2.17. The van der Waals surface area contributed by atoms with Crippen molar-refractivity contribution >= 4 is 33.5 Å². The van der Waals surface area contributed by atoms with Crippen LogP contribution in [0.25, 0.3) is 11.0 Å². The molecule has 0 aliphatic carbocycles. The number of aryl methyl sites for hydroxylation is 2. The topological polar surface area (TPSA) is 85.1 Å². The van der Waals surface area contributed by atoms with Gasteiger partial charge < -0.3 is 5.32 Å². The fourth-order valence-electron chi connectivity index (χ4n) is 2.07. The Morgan fingerprint density at radius 1 is 1.18 bits per heavy atom. The lowest BCUT2D eigenvalue weighted by atomic mass is 10.3. The van der Waals surface area contributed by atoms with Crippen LogP contribution in [-0.4, -0.2) is 37.2 Å². The molecule has 124 valence electrons. The molecule has 0 saturated heterocycles. The molecule has 0 bridgehead atoms. The summed E-state index contributed by atoms with van der Waals surface area (Å²) in [7, 11) is 1.46. The molecule has 1 atom stereocenters. The van der Waals surface area contributed by atoms with E-state index in [2.05, 4.69) is 10.0 Å². The number of nitrogens with one attached hydrogen (secondary N) is 2. The van der Waals surface area contributed by atoms with Gasteiger partial charge in [-0.05, 0) is 32.2 Å². The maximum atomic E-state index is 12.3. The van der Waals surface area contributed by atoms with Gasteiger partial charge in [0, 0.05) is 26.7 Å². The number of nitrogens with zero attached hydrogens (tertiary/aromatic N) is 2. The number of halogens is 1. The van der Waals surface area contributed by atoms with Gasteiger partial charge in [0.15, 0.2) is 0 Å². The third kappa shape index (κ3) is 3.35. The van der Waals surface area contributed by atoms with E-state index < -0.39 is 10.0 Å². The fourth-order valence-corrected chi connectivity index (χ4v) is 3.22. The number of sulfonamides is 1. The quantitative estimate of drug-likeness (QED) is 0.807. The van der Waals surface area contributed by atoms with Crippen molar-refractivity contribution in [1.29, 1.82) is 0 Å². The molecule has 0 amide bonds. The SMILES string of the molecule is CNC(C)CNS(=O)(=O)c1ccc2c(c1)n(C)c(=O)n2C.Cl. The van der Waals surface area contributed by atoms with Gasteiger partial charge in [-0.25, -0.2) is 17.9 Å². The number of hydrogen-bond acceptors (Lipinski definition) is 4. The maximum absolute atomic E-state index is 12.3. The van der Waals surface area contributed by atoms with Crippen LogP contribution >= 0.6 is 12.4 Å². The minimum absolute atomic E-state index is 0. The van der Waals surface area contributed by atoms with Crippen molar-refractivity contribution in [3.05, 3.63) is 28.7 Å². The second-order valence-electron chi connectivity index (χ2n) is 5.09. The second kappa shape index (κ2) is 6.82. The molecule has 0 radical (unpaired) electrons. The molecule has 2 aromatic rings. The summed E-state index contributed by atoms with van der Waals surface area (Å²) in [5, 5.41) is 2.96. The minimum atomic E-state index is -3.59. The van der Waals surface area contributed by atoms with Crippen molar-refractivity contribution < 1.29 is 8.42 Å². The molecule has 9 heteroatoms. The standard InChI is InChI=1S/C13H20N4O3S.ClH/c1-9(14-2)8-15-21(19,20)10-5-6-11-12(7-10)17(4)13(18)16(11)3;/h5-7,9,14-15H,8H2,1-4H3;1H. The Morgan fingerprint density at radius 3 is 2.36 bits per heavy atom. The molecule has 1 heterocycles. The molecule has 0 aliphatic heterocycles. The molecular formula is C13H21ClN4O3S. The largest absolute Gasteiger partial charge is 0.328 e. The molecule has 2 N–H and O–H groups in total. The van der Waals surface area contributed by atoms with Crippen molar-refractivity contribution in [2.24, 2.45) is 14.1 Å². The van der Waals surface area contributed by atoms with E-state index in [1.807, 2.05) is 6.92 Å². The van der Waals surface area contributed by atoms with E-state index in [0.717, 1.165) is 0 Å². The molecule has 1 aromatic heterocycles. The van der Waals surface area contributed by atoms with Crippen LogP contribution in [-0.2, 0) is 24.1 Å². The Morgan fingerprint density at radius 2 is 1.77 bits per heavy atom. The summed E-state index contributed by atoms with van der Waals surface area (Å²) in [5.41, 5.74) is 1.10. The highest BCUT2D eigenvalue weighted by atomic mass is 35.5. The molecule has 0 fully saturated rings. The number of imidazole rings is 1. The summed E-state index contributed by atoms with van der Waals surface area (Å²) < 4.78 is 30.0. The molecule has 0 spiro atoms. The molecular weight excluding hydrogens is 328 g/mol. The van der Waals surface area contributed by atoms with Gasteiger partial charge in [0.25, 0.3) is 0 Å². The van der Waals surface area contributed by atoms with Crippen LogP contribution in [0.1, 0.15) is 6.92 Å². The second-order valence-corrected chi connectivity index (χ2v) is 6.86. The van der Waals surface area contributed by atoms with Crippen molar-refractivity contribution in [2.75, 3.05) is 13.6 Å². The smallest absolute Gasteiger partial charge is 0.316 e. The van der Waals surface area contributed by atoms with E-state index in [1.165, 1.54) is 21.3 Å². The van der Waals surface area contributed by atoms with Gasteiger partial charge in [-0.3, -0.25) is 9.13 Å². The minimum Gasteiger partial charge on any atom is -0.316 e. The summed E-state index contributed by atoms with van der Waals surface area (Å²) >= 11 is 0. The first-order valence-corrected chi connectivity index (χ1v) is 8.08. The van der Waals surface area contributed by atoms with Crippen molar-refractivity contribution in [1.82, 2.24) is 19.2 Å². The van der Waals surface area contributed by atoms with E-state index in [9.17, 15) is 13.2 Å². The third-order valence-electron chi connectivity index (χ3n) is 3.63. The van der Waals surface area contributed by atoms with Crippen LogP contribution in [0, 0.1) is 0 Å². The molecule has 22 heavy (non-hydrogen) atoms. The van der Waals surface area contributed by atoms with Crippen molar-refractivity contribution in [3.8, 4) is 0 Å². The predicted molar refractivity (Wildman–Crippen MR) is 89.1 cm³/mol. The van der Waals surface area contributed by atoms with Gasteiger partial charge >= 0.3 is 5.69 Å². The van der Waals surface area contributed by atoms with Gasteiger partial charge in [-0.1, -0.05) is 0 Å². The van der Waals surface area contributed by atoms with Gasteiger partial charge in [-0.15, -0.1) is 12.4 Å². The summed E-state index contributed by atoms with van der Waals surface area (Å²) in [5.74, 6) is 0. The monoisotopic (exact) mass is 348 g/mol. The summed E-state index contributed by atoms with van der Waals surface area (Å²) in [6.07, 6.45) is 0. The Kier molecular flexibility index (Phi) is 5.80. The number of benzene rings is 1. The van der Waals surface area contributed by atoms with E-state index in [4.69, 9.17) is 0 Å². The van der Waals surface area contributed by atoms with E-state index in [0.29, 0.717) is 17.6 Å². The zero-order valence-corrected chi connectivity index (χ0v) is 14.6. The lowest BCUT2D eigenvalue weighted by molar-refractivity contribution is 0.554. The summed E-state index contributed by atoms with van der Waals surface area (Å²) in [4.78, 5) is 12.0. The maximum Gasteiger partial charge on any atom is 0.328 e. The van der Waals surface area contributed by atoms with Crippen LogP contribution < -0.4 is 15.7 Å². The van der Waals surface area contributed by atoms with Gasteiger partial charge in [0.1, 0.15) is 0 Å². The first kappa shape index (κ1) is 18.7. The third-order valence-corrected chi connectivity index (χ3v) is 5.05. The van der Waals surface area contributed by atoms with Gasteiger partial charge in [-0.2, -0.15) is 0 Å². The molecule has 0 aliphatic rings. The zero-order valence-electron chi connectivity index (χ0n) is 13.0. The summed E-state index contributed by atoms with van der Waals surface area (Å²) in [6.45, 7) is 2.18. The lowest BCUT2D eigenvalue weighted by Gasteiger charge is -2.12. The summed E-state index contributed by atoms with van der Waals surface area (Å²) in [6, 6.07) is 4.70. The van der Waals surface area contributed by atoms with Crippen LogP contribution in [0.3, 0.4) is 0 Å². The highest BCUT2D eigenvalue weighted by molar-refractivity contribution is 7.89. The normalized spacial score (nSPS) is 13.1. The number of likely N-dealkylation sites (N-methyl/N-ethyl adjacent to an activating group) is 1. The Labute approximate surface area is 135 Å². The van der Waals surface area contributed by atoms with Crippen molar-refractivity contribution in [2.45, 2.75) is 17.9 Å². The van der Waals surface area contributed by atoms with Crippen LogP contribution in [0.5, 0.6) is 0 Å². The van der Waals surface area contributed by atoms with Gasteiger partial charge in [0.05, 0.1) is 15.9 Å². The fraction of sp³-hybridized carbons (Fsp3) is 0.462. The van der Waals surface area contributed by atoms with Crippen LogP contribution in [0.15, 0.2) is 27.9 Å². The lowest BCUT2D eigenvalue weighted by Crippen LogP contribution is -2.37. The number of fused-ring (bicyclic) bond motifs is 1.